The standard InChI is InChI=1S/C26H28N4O2/c1-30-24-8-3-2-7-22(24)17-25(26(30)31)32-15-5-13-28-19-21-11-14-29-23(16-21)10-9-20-6-4-12-27-18-20/h2-4,6-8,11-12,14,16-18,28H,5,9-10,13,15,19H2,1H3. The van der Waals surface area contributed by atoms with E-state index in [1.807, 2.05) is 54.9 Å². The van der Waals surface area contributed by atoms with Crippen LogP contribution in [0.5, 0.6) is 5.75 Å². The zero-order valence-electron chi connectivity index (χ0n) is 18.3. The average molecular weight is 429 g/mol. The van der Waals surface area contributed by atoms with Crippen molar-refractivity contribution in [2.75, 3.05) is 13.2 Å². The lowest BCUT2D eigenvalue weighted by atomic mass is 10.1. The van der Waals surface area contributed by atoms with Gasteiger partial charge in [0.05, 0.1) is 12.1 Å². The molecule has 0 aliphatic rings. The highest BCUT2D eigenvalue weighted by atomic mass is 16.5. The number of rotatable bonds is 10. The molecule has 6 heteroatoms. The number of fused-ring (bicyclic) bond motifs is 1. The van der Waals surface area contributed by atoms with Crippen LogP contribution in [0.1, 0.15) is 23.2 Å². The van der Waals surface area contributed by atoms with Crippen molar-refractivity contribution >= 4 is 10.9 Å². The third-order valence-corrected chi connectivity index (χ3v) is 5.46. The Hall–Kier alpha value is -3.51. The molecule has 0 aliphatic heterocycles. The van der Waals surface area contributed by atoms with Gasteiger partial charge in [0.2, 0.25) is 0 Å². The Bertz CT molecular complexity index is 1220. The Kier molecular flexibility index (Phi) is 7.25. The van der Waals surface area contributed by atoms with Crippen LogP contribution in [-0.4, -0.2) is 27.7 Å². The first-order valence-electron chi connectivity index (χ1n) is 11.0. The van der Waals surface area contributed by atoms with Gasteiger partial charge in [-0.1, -0.05) is 24.3 Å². The van der Waals surface area contributed by atoms with Gasteiger partial charge in [-0.3, -0.25) is 14.8 Å². The summed E-state index contributed by atoms with van der Waals surface area (Å²) in [5, 5.41) is 4.44. The lowest BCUT2D eigenvalue weighted by Gasteiger charge is -2.11. The summed E-state index contributed by atoms with van der Waals surface area (Å²) in [5.74, 6) is 0.401. The van der Waals surface area contributed by atoms with E-state index in [-0.39, 0.29) is 5.56 Å². The molecule has 4 rings (SSSR count). The Morgan fingerprint density at radius 2 is 1.91 bits per heavy atom. The number of para-hydroxylation sites is 1. The van der Waals surface area contributed by atoms with Gasteiger partial charge in [0.15, 0.2) is 5.75 Å². The highest BCUT2D eigenvalue weighted by Crippen LogP contribution is 2.16. The molecule has 6 nitrogen and oxygen atoms in total. The first-order valence-corrected chi connectivity index (χ1v) is 11.0. The molecule has 4 aromatic rings. The first-order chi connectivity index (χ1) is 15.7. The van der Waals surface area contributed by atoms with Crippen molar-refractivity contribution in [3.63, 3.8) is 0 Å². The van der Waals surface area contributed by atoms with Crippen molar-refractivity contribution in [1.82, 2.24) is 19.9 Å². The quantitative estimate of drug-likeness (QED) is 0.390. The highest BCUT2D eigenvalue weighted by molar-refractivity contribution is 5.80. The number of pyridine rings is 3. The molecule has 32 heavy (non-hydrogen) atoms. The zero-order valence-corrected chi connectivity index (χ0v) is 18.3. The van der Waals surface area contributed by atoms with Crippen LogP contribution in [0.4, 0.5) is 0 Å². The van der Waals surface area contributed by atoms with E-state index in [1.165, 1.54) is 11.1 Å². The molecule has 0 amide bonds. The fourth-order valence-electron chi connectivity index (χ4n) is 3.70. The van der Waals surface area contributed by atoms with Gasteiger partial charge in [-0.05, 0) is 67.3 Å². The largest absolute Gasteiger partial charge is 0.488 e. The maximum atomic E-state index is 12.5. The topological polar surface area (TPSA) is 69.0 Å². The Balaban J connectivity index is 1.21. The van der Waals surface area contributed by atoms with Gasteiger partial charge >= 0.3 is 0 Å². The SMILES string of the molecule is Cn1c(=O)c(OCCCNCc2ccnc(CCc3cccnc3)c2)cc2ccccc21. The van der Waals surface area contributed by atoms with E-state index in [1.54, 1.807) is 17.8 Å². The molecular weight excluding hydrogens is 400 g/mol. The Morgan fingerprint density at radius 3 is 2.78 bits per heavy atom. The smallest absolute Gasteiger partial charge is 0.293 e. The summed E-state index contributed by atoms with van der Waals surface area (Å²) in [6, 6.07) is 17.9. The summed E-state index contributed by atoms with van der Waals surface area (Å²) in [7, 11) is 1.78. The molecule has 3 heterocycles. The maximum Gasteiger partial charge on any atom is 0.293 e. The van der Waals surface area contributed by atoms with E-state index in [4.69, 9.17) is 4.74 Å². The van der Waals surface area contributed by atoms with Crippen LogP contribution in [-0.2, 0) is 26.4 Å². The molecular formula is C26H28N4O2. The number of aromatic nitrogens is 3. The van der Waals surface area contributed by atoms with Gasteiger partial charge in [0, 0.05) is 43.3 Å². The number of nitrogens with one attached hydrogen (secondary N) is 1. The van der Waals surface area contributed by atoms with E-state index in [0.29, 0.717) is 12.4 Å². The maximum absolute atomic E-state index is 12.5. The van der Waals surface area contributed by atoms with Crippen molar-refractivity contribution in [1.29, 1.82) is 0 Å². The molecule has 1 aromatic carbocycles. The van der Waals surface area contributed by atoms with E-state index in [0.717, 1.165) is 48.9 Å². The number of ether oxygens (including phenoxy) is 1. The van der Waals surface area contributed by atoms with E-state index >= 15 is 0 Å². The van der Waals surface area contributed by atoms with Gasteiger partial charge in [0.25, 0.3) is 5.56 Å². The van der Waals surface area contributed by atoms with Crippen LogP contribution in [0.2, 0.25) is 0 Å². The Morgan fingerprint density at radius 1 is 1.00 bits per heavy atom. The number of benzene rings is 1. The van der Waals surface area contributed by atoms with Crippen molar-refractivity contribution in [3.05, 3.63) is 100 Å². The van der Waals surface area contributed by atoms with E-state index in [2.05, 4.69) is 27.4 Å². The molecule has 3 aromatic heterocycles. The molecule has 0 bridgehead atoms. The minimum atomic E-state index is -0.104. The minimum Gasteiger partial charge on any atom is -0.488 e. The van der Waals surface area contributed by atoms with Gasteiger partial charge in [0.1, 0.15) is 0 Å². The van der Waals surface area contributed by atoms with Crippen molar-refractivity contribution in [3.8, 4) is 5.75 Å². The number of nitrogens with zero attached hydrogens (tertiary/aromatic N) is 3. The first kappa shape index (κ1) is 21.7. The molecule has 0 saturated heterocycles. The minimum absolute atomic E-state index is 0.104. The summed E-state index contributed by atoms with van der Waals surface area (Å²) in [6.07, 6.45) is 8.21. The predicted octanol–water partition coefficient (Wildman–Crippen LogP) is 3.67. The molecule has 0 radical (unpaired) electrons. The molecule has 164 valence electrons. The summed E-state index contributed by atoms with van der Waals surface area (Å²) in [4.78, 5) is 21.1. The summed E-state index contributed by atoms with van der Waals surface area (Å²) < 4.78 is 7.42. The van der Waals surface area contributed by atoms with E-state index < -0.39 is 0 Å². The summed E-state index contributed by atoms with van der Waals surface area (Å²) in [6.45, 7) is 2.08. The summed E-state index contributed by atoms with van der Waals surface area (Å²) in [5.41, 5.74) is 4.32. The fourth-order valence-corrected chi connectivity index (χ4v) is 3.70. The average Bonchev–Trinajstić information content (AvgIpc) is 2.84. The molecule has 0 aliphatic carbocycles. The van der Waals surface area contributed by atoms with Crippen molar-refractivity contribution in [2.45, 2.75) is 25.8 Å². The third-order valence-electron chi connectivity index (χ3n) is 5.46. The van der Waals surface area contributed by atoms with Crippen LogP contribution in [0.15, 0.2) is 78.0 Å². The van der Waals surface area contributed by atoms with Gasteiger partial charge in [-0.15, -0.1) is 0 Å². The molecule has 0 unspecified atom stereocenters. The van der Waals surface area contributed by atoms with Crippen molar-refractivity contribution in [2.24, 2.45) is 7.05 Å². The van der Waals surface area contributed by atoms with Crippen LogP contribution in [0.25, 0.3) is 10.9 Å². The molecule has 0 spiro atoms. The number of aryl methyl sites for hydroxylation is 3. The van der Waals surface area contributed by atoms with Crippen molar-refractivity contribution < 1.29 is 4.74 Å². The van der Waals surface area contributed by atoms with Gasteiger partial charge in [-0.2, -0.15) is 0 Å². The number of hydrogen-bond acceptors (Lipinski definition) is 5. The second-order valence-electron chi connectivity index (χ2n) is 7.83. The highest BCUT2D eigenvalue weighted by Gasteiger charge is 2.07. The van der Waals surface area contributed by atoms with Crippen LogP contribution < -0.4 is 15.6 Å². The lowest BCUT2D eigenvalue weighted by Crippen LogP contribution is -2.21. The fraction of sp³-hybridized carbons (Fsp3) is 0.269. The van der Waals surface area contributed by atoms with Crippen LogP contribution >= 0.6 is 0 Å². The van der Waals surface area contributed by atoms with E-state index in [9.17, 15) is 4.79 Å². The zero-order chi connectivity index (χ0) is 22.2. The summed E-state index contributed by atoms with van der Waals surface area (Å²) >= 11 is 0. The lowest BCUT2D eigenvalue weighted by molar-refractivity contribution is 0.303. The number of hydrogen-bond donors (Lipinski definition) is 1. The molecule has 1 N–H and O–H groups in total. The second kappa shape index (κ2) is 10.7. The van der Waals surface area contributed by atoms with Crippen LogP contribution in [0.3, 0.4) is 0 Å². The molecule has 0 fully saturated rings. The van der Waals surface area contributed by atoms with Gasteiger partial charge in [-0.25, -0.2) is 0 Å². The Labute approximate surface area is 187 Å². The van der Waals surface area contributed by atoms with Crippen LogP contribution in [0, 0.1) is 0 Å². The third kappa shape index (κ3) is 5.59. The normalized spacial score (nSPS) is 11.0. The monoisotopic (exact) mass is 428 g/mol. The molecule has 0 saturated carbocycles. The molecule has 0 atom stereocenters. The van der Waals surface area contributed by atoms with Gasteiger partial charge < -0.3 is 14.6 Å². The predicted molar refractivity (Wildman–Crippen MR) is 127 cm³/mol. The second-order valence-corrected chi connectivity index (χ2v) is 7.83.